The van der Waals surface area contributed by atoms with Crippen molar-refractivity contribution < 1.29 is 19.5 Å². The van der Waals surface area contributed by atoms with Gasteiger partial charge >= 0.3 is 12.0 Å². The molecule has 11 heteroatoms. The van der Waals surface area contributed by atoms with Gasteiger partial charge in [0.05, 0.1) is 21.3 Å². The number of nitrogens with one attached hydrogen (secondary N) is 2. The smallest absolute Gasteiger partial charge is 0.324 e. The van der Waals surface area contributed by atoms with Crippen LogP contribution in [0, 0.1) is 0 Å². The van der Waals surface area contributed by atoms with Crippen molar-refractivity contribution in [3.8, 4) is 10.4 Å². The van der Waals surface area contributed by atoms with Crippen LogP contribution in [0.3, 0.4) is 0 Å². The highest BCUT2D eigenvalue weighted by Gasteiger charge is 2.31. The molecule has 37 heavy (non-hydrogen) atoms. The summed E-state index contributed by atoms with van der Waals surface area (Å²) in [6, 6.07) is 13.2. The number of aliphatic carboxylic acids is 1. The maximum absolute atomic E-state index is 13.8. The van der Waals surface area contributed by atoms with Crippen molar-refractivity contribution in [3.05, 3.63) is 69.2 Å². The van der Waals surface area contributed by atoms with Crippen molar-refractivity contribution in [1.82, 2.24) is 4.90 Å². The van der Waals surface area contributed by atoms with E-state index in [9.17, 15) is 19.5 Å². The van der Waals surface area contributed by atoms with Crippen LogP contribution in [0.5, 0.6) is 0 Å². The average molecular weight is 581 g/mol. The molecule has 1 heterocycles. The molecule has 0 atom stereocenters. The number of benzene rings is 2. The fourth-order valence-electron chi connectivity index (χ4n) is 4.36. The molecule has 0 bridgehead atoms. The van der Waals surface area contributed by atoms with Crippen molar-refractivity contribution in [2.45, 2.75) is 38.1 Å². The van der Waals surface area contributed by atoms with Gasteiger partial charge in [-0.1, -0.05) is 84.4 Å². The minimum Gasteiger partial charge on any atom is -0.480 e. The van der Waals surface area contributed by atoms with E-state index in [0.717, 1.165) is 42.5 Å². The number of hydrogen-bond acceptors (Lipinski definition) is 4. The zero-order valence-electron chi connectivity index (χ0n) is 19.6. The molecule has 3 N–H and O–H groups in total. The summed E-state index contributed by atoms with van der Waals surface area (Å²) in [6.07, 6.45) is 4.41. The van der Waals surface area contributed by atoms with Gasteiger partial charge in [0, 0.05) is 15.9 Å². The maximum atomic E-state index is 13.8. The minimum absolute atomic E-state index is 0.157. The van der Waals surface area contributed by atoms with E-state index in [1.165, 1.54) is 28.4 Å². The predicted octanol–water partition coefficient (Wildman–Crippen LogP) is 7.88. The molecule has 3 aromatic rings. The molecule has 4 rings (SSSR count). The standard InChI is InChI=1S/C26H24Cl3N3O4S/c27-16-11-19(28)23(20(29)12-16)30-26(36)31-24-18(13-21(37-24)15-7-3-1-4-8-15)25(35)32(14-22(33)34)17-9-5-2-6-10-17/h1,3-4,7-8,11-13,17H,2,5-6,9-10,14H2,(H,33,34)(H2,30,31,36). The van der Waals surface area contributed by atoms with E-state index < -0.39 is 24.5 Å². The Morgan fingerprint density at radius 1 is 0.946 bits per heavy atom. The van der Waals surface area contributed by atoms with Crippen molar-refractivity contribution in [1.29, 1.82) is 0 Å². The highest BCUT2D eigenvalue weighted by Crippen LogP contribution is 2.38. The van der Waals surface area contributed by atoms with Crippen LogP contribution in [0.4, 0.5) is 15.5 Å². The summed E-state index contributed by atoms with van der Waals surface area (Å²) in [5.41, 5.74) is 1.26. The lowest BCUT2D eigenvalue weighted by molar-refractivity contribution is -0.138. The molecule has 1 aromatic heterocycles. The molecule has 1 saturated carbocycles. The summed E-state index contributed by atoms with van der Waals surface area (Å²) in [5, 5.41) is 15.8. The molecule has 0 unspecified atom stereocenters. The zero-order valence-corrected chi connectivity index (χ0v) is 22.7. The van der Waals surface area contributed by atoms with Gasteiger partial charge in [0.25, 0.3) is 5.91 Å². The molecule has 3 amide bonds. The third kappa shape index (κ3) is 6.76. The number of hydrogen-bond donors (Lipinski definition) is 3. The van der Waals surface area contributed by atoms with Crippen molar-refractivity contribution in [3.63, 3.8) is 0 Å². The Morgan fingerprint density at radius 2 is 1.59 bits per heavy atom. The number of halogens is 3. The Balaban J connectivity index is 1.67. The number of carbonyl (C=O) groups is 3. The number of carbonyl (C=O) groups excluding carboxylic acids is 2. The third-order valence-electron chi connectivity index (χ3n) is 6.08. The SMILES string of the molecule is O=C(O)CN(C(=O)c1cc(-c2ccccc2)sc1NC(=O)Nc1c(Cl)cc(Cl)cc1Cl)C1CCCCC1. The second-order valence-electron chi connectivity index (χ2n) is 8.66. The molecule has 194 valence electrons. The lowest BCUT2D eigenvalue weighted by Crippen LogP contribution is -2.44. The Kier molecular flexibility index (Phi) is 8.97. The minimum atomic E-state index is -1.09. The van der Waals surface area contributed by atoms with Crippen LogP contribution in [0.2, 0.25) is 15.1 Å². The fraction of sp³-hybridized carbons (Fsp3) is 0.269. The zero-order chi connectivity index (χ0) is 26.5. The number of rotatable bonds is 7. The summed E-state index contributed by atoms with van der Waals surface area (Å²) in [5.74, 6) is -1.53. The highest BCUT2D eigenvalue weighted by molar-refractivity contribution is 7.20. The largest absolute Gasteiger partial charge is 0.480 e. The molecule has 0 spiro atoms. The van der Waals surface area contributed by atoms with Crippen LogP contribution in [-0.2, 0) is 4.79 Å². The van der Waals surface area contributed by atoms with Crippen LogP contribution >= 0.6 is 46.1 Å². The highest BCUT2D eigenvalue weighted by atomic mass is 35.5. The van der Waals surface area contributed by atoms with Crippen LogP contribution in [0.15, 0.2) is 48.5 Å². The van der Waals surface area contributed by atoms with Crippen LogP contribution in [-0.4, -0.2) is 40.5 Å². The van der Waals surface area contributed by atoms with E-state index in [2.05, 4.69) is 10.6 Å². The first kappa shape index (κ1) is 27.3. The molecule has 0 saturated heterocycles. The number of thiophene rings is 1. The molecule has 0 aliphatic heterocycles. The van der Waals surface area contributed by atoms with Gasteiger partial charge in [-0.15, -0.1) is 11.3 Å². The molecular formula is C26H24Cl3N3O4S. The van der Waals surface area contributed by atoms with E-state index in [1.54, 1.807) is 6.07 Å². The molecule has 2 aromatic carbocycles. The molecule has 0 radical (unpaired) electrons. The molecule has 1 fully saturated rings. The average Bonchev–Trinajstić information content (AvgIpc) is 3.29. The van der Waals surface area contributed by atoms with Gasteiger partial charge in [0.1, 0.15) is 11.5 Å². The number of urea groups is 1. The fourth-order valence-corrected chi connectivity index (χ4v) is 6.32. The second-order valence-corrected chi connectivity index (χ2v) is 11.0. The molecule has 1 aliphatic rings. The number of amides is 3. The topological polar surface area (TPSA) is 98.7 Å². The first-order chi connectivity index (χ1) is 17.7. The molecule has 7 nitrogen and oxygen atoms in total. The van der Waals surface area contributed by atoms with E-state index >= 15 is 0 Å². The summed E-state index contributed by atoms with van der Waals surface area (Å²) >= 11 is 19.6. The summed E-state index contributed by atoms with van der Waals surface area (Å²) in [7, 11) is 0. The van der Waals surface area contributed by atoms with E-state index in [4.69, 9.17) is 34.8 Å². The number of carboxylic acid groups (broad SMARTS) is 1. The number of nitrogens with zero attached hydrogens (tertiary/aromatic N) is 1. The van der Waals surface area contributed by atoms with Gasteiger partial charge in [-0.25, -0.2) is 4.79 Å². The third-order valence-corrected chi connectivity index (χ3v) is 7.99. The van der Waals surface area contributed by atoms with Crippen molar-refractivity contribution in [2.75, 3.05) is 17.2 Å². The Bertz CT molecular complexity index is 1290. The van der Waals surface area contributed by atoms with E-state index in [0.29, 0.717) is 5.02 Å². The van der Waals surface area contributed by atoms with Crippen LogP contribution in [0.25, 0.3) is 10.4 Å². The molecule has 1 aliphatic carbocycles. The lowest BCUT2D eigenvalue weighted by Gasteiger charge is -2.33. The Hall–Kier alpha value is -2.78. The van der Waals surface area contributed by atoms with Crippen LogP contribution in [0.1, 0.15) is 42.5 Å². The quantitative estimate of drug-likeness (QED) is 0.265. The van der Waals surface area contributed by atoms with E-state index in [-0.39, 0.29) is 32.3 Å². The normalized spacial score (nSPS) is 13.7. The van der Waals surface area contributed by atoms with Gasteiger partial charge in [-0.3, -0.25) is 14.9 Å². The van der Waals surface area contributed by atoms with Gasteiger partial charge in [0.2, 0.25) is 0 Å². The Morgan fingerprint density at radius 3 is 2.22 bits per heavy atom. The van der Waals surface area contributed by atoms with Gasteiger partial charge in [-0.05, 0) is 36.6 Å². The lowest BCUT2D eigenvalue weighted by atomic mass is 9.93. The van der Waals surface area contributed by atoms with Gasteiger partial charge in [0.15, 0.2) is 0 Å². The monoisotopic (exact) mass is 579 g/mol. The first-order valence-corrected chi connectivity index (χ1v) is 13.6. The number of anilines is 2. The van der Waals surface area contributed by atoms with Crippen molar-refractivity contribution in [2.24, 2.45) is 0 Å². The van der Waals surface area contributed by atoms with Gasteiger partial charge in [-0.2, -0.15) is 0 Å². The Labute approximate surface area is 233 Å². The van der Waals surface area contributed by atoms with Gasteiger partial charge < -0.3 is 15.3 Å². The summed E-state index contributed by atoms with van der Waals surface area (Å²) in [6.45, 7) is -0.415. The molecular weight excluding hydrogens is 557 g/mol. The predicted molar refractivity (Wildman–Crippen MR) is 149 cm³/mol. The first-order valence-electron chi connectivity index (χ1n) is 11.7. The number of carboxylic acids is 1. The second kappa shape index (κ2) is 12.2. The summed E-state index contributed by atoms with van der Waals surface area (Å²) < 4.78 is 0. The van der Waals surface area contributed by atoms with E-state index in [1.807, 2.05) is 30.3 Å². The van der Waals surface area contributed by atoms with Crippen LogP contribution < -0.4 is 10.6 Å². The maximum Gasteiger partial charge on any atom is 0.324 e. The summed E-state index contributed by atoms with van der Waals surface area (Å²) in [4.78, 5) is 40.6. The van der Waals surface area contributed by atoms with Crippen molar-refractivity contribution >= 4 is 74.7 Å².